The first kappa shape index (κ1) is 19.7. The number of rotatable bonds is 4. The number of aromatic amines is 2. The minimum atomic E-state index is -0.0948. The summed E-state index contributed by atoms with van der Waals surface area (Å²) in [6, 6.07) is 10.1. The lowest BCUT2D eigenvalue weighted by Gasteiger charge is -2.49. The van der Waals surface area contributed by atoms with E-state index in [0.717, 1.165) is 40.9 Å². The summed E-state index contributed by atoms with van der Waals surface area (Å²) < 4.78 is 2.10. The molecule has 2 bridgehead atoms. The third kappa shape index (κ3) is 3.35. The predicted octanol–water partition coefficient (Wildman–Crippen LogP) is 5.16. The average molecular weight is 423 g/mol. The predicted molar refractivity (Wildman–Crippen MR) is 121 cm³/mol. The molecule has 1 aromatic carbocycles. The third-order valence-electron chi connectivity index (χ3n) is 7.44. The van der Waals surface area contributed by atoms with E-state index in [4.69, 9.17) is 17.2 Å². The minimum absolute atomic E-state index is 0.0495. The second-order valence-corrected chi connectivity index (χ2v) is 10.1. The van der Waals surface area contributed by atoms with E-state index in [9.17, 15) is 4.79 Å². The second-order valence-electron chi connectivity index (χ2n) is 9.74. The first-order valence-electron chi connectivity index (χ1n) is 11.3. The number of hydrogen-bond acceptors (Lipinski definition) is 3. The highest BCUT2D eigenvalue weighted by atomic mass is 32.1. The lowest BCUT2D eigenvalue weighted by atomic mass is 9.56. The molecule has 0 amide bonds. The van der Waals surface area contributed by atoms with Crippen molar-refractivity contribution in [1.82, 2.24) is 19.6 Å². The van der Waals surface area contributed by atoms with Crippen molar-refractivity contribution in [2.75, 3.05) is 0 Å². The van der Waals surface area contributed by atoms with Crippen molar-refractivity contribution in [2.45, 2.75) is 64.2 Å². The highest BCUT2D eigenvalue weighted by Gasteiger charge is 2.47. The summed E-state index contributed by atoms with van der Waals surface area (Å²) in [5, 5.41) is 2.89. The van der Waals surface area contributed by atoms with E-state index in [0.29, 0.717) is 17.1 Å². The number of nitrogens with zero attached hydrogens (tertiary/aromatic N) is 2. The van der Waals surface area contributed by atoms with E-state index >= 15 is 0 Å². The molecule has 0 saturated heterocycles. The fraction of sp³-hybridized carbons (Fsp3) is 0.542. The molecule has 2 heterocycles. The Morgan fingerprint density at radius 1 is 1.20 bits per heavy atom. The van der Waals surface area contributed by atoms with E-state index in [2.05, 4.69) is 36.1 Å². The summed E-state index contributed by atoms with van der Waals surface area (Å²) in [6.07, 6.45) is 7.96. The van der Waals surface area contributed by atoms with Crippen LogP contribution in [0.2, 0.25) is 0 Å². The van der Waals surface area contributed by atoms with E-state index in [1.807, 2.05) is 18.2 Å². The molecule has 0 radical (unpaired) electrons. The van der Waals surface area contributed by atoms with Crippen molar-refractivity contribution >= 4 is 17.9 Å². The van der Waals surface area contributed by atoms with Crippen LogP contribution in [0.5, 0.6) is 0 Å². The summed E-state index contributed by atoms with van der Waals surface area (Å²) in [5.41, 5.74) is 2.58. The van der Waals surface area contributed by atoms with Gasteiger partial charge in [0.15, 0.2) is 0 Å². The van der Waals surface area contributed by atoms with Gasteiger partial charge in [-0.05, 0) is 67.6 Å². The highest BCUT2D eigenvalue weighted by Crippen LogP contribution is 2.53. The van der Waals surface area contributed by atoms with Crippen molar-refractivity contribution in [3.05, 3.63) is 62.4 Å². The molecule has 2 aromatic heterocycles. The number of fused-ring (bicyclic) bond motifs is 3. The lowest BCUT2D eigenvalue weighted by molar-refractivity contribution is 0.0643. The Balaban J connectivity index is 1.64. The molecule has 4 unspecified atom stereocenters. The van der Waals surface area contributed by atoms with Crippen LogP contribution in [0.1, 0.15) is 69.3 Å². The Morgan fingerprint density at radius 2 is 2.00 bits per heavy atom. The van der Waals surface area contributed by atoms with Crippen LogP contribution in [-0.2, 0) is 11.8 Å². The van der Waals surface area contributed by atoms with Gasteiger partial charge >= 0.3 is 0 Å². The van der Waals surface area contributed by atoms with Crippen molar-refractivity contribution in [3.63, 3.8) is 0 Å². The maximum absolute atomic E-state index is 12.8. The van der Waals surface area contributed by atoms with Crippen LogP contribution in [0.4, 0.5) is 0 Å². The fourth-order valence-electron chi connectivity index (χ4n) is 6.34. The summed E-state index contributed by atoms with van der Waals surface area (Å²) in [4.78, 5) is 21.2. The Morgan fingerprint density at radius 3 is 2.77 bits per heavy atom. The molecule has 2 aliphatic carbocycles. The molecule has 2 aliphatic rings. The van der Waals surface area contributed by atoms with E-state index < -0.39 is 0 Å². The molecule has 2 fully saturated rings. The number of benzene rings is 1. The first-order valence-corrected chi connectivity index (χ1v) is 11.7. The molecule has 6 heteroatoms. The van der Waals surface area contributed by atoms with Gasteiger partial charge in [-0.2, -0.15) is 0 Å². The quantitative estimate of drug-likeness (QED) is 0.571. The zero-order valence-corrected chi connectivity index (χ0v) is 18.6. The molecular weight excluding hydrogens is 392 g/mol. The van der Waals surface area contributed by atoms with Crippen molar-refractivity contribution < 1.29 is 0 Å². The summed E-state index contributed by atoms with van der Waals surface area (Å²) in [5.74, 6) is 3.20. The normalized spacial score (nSPS) is 28.7. The van der Waals surface area contributed by atoms with Gasteiger partial charge in [-0.3, -0.25) is 9.89 Å². The van der Waals surface area contributed by atoms with Gasteiger partial charge in [0, 0.05) is 11.8 Å². The Labute approximate surface area is 181 Å². The van der Waals surface area contributed by atoms with E-state index in [1.165, 1.54) is 32.1 Å². The van der Waals surface area contributed by atoms with Gasteiger partial charge in [0.2, 0.25) is 4.77 Å². The summed E-state index contributed by atoms with van der Waals surface area (Å²) >= 11 is 5.64. The maximum atomic E-state index is 12.8. The average Bonchev–Trinajstić information content (AvgIpc) is 3.04. The molecule has 5 nitrogen and oxygen atoms in total. The molecule has 4 atom stereocenters. The minimum Gasteiger partial charge on any atom is -0.327 e. The van der Waals surface area contributed by atoms with Crippen LogP contribution in [0.15, 0.2) is 35.1 Å². The van der Waals surface area contributed by atoms with Gasteiger partial charge in [0.05, 0.1) is 5.56 Å². The van der Waals surface area contributed by atoms with Crippen molar-refractivity contribution in [2.24, 2.45) is 17.8 Å². The first-order chi connectivity index (χ1) is 14.5. The smallest absolute Gasteiger partial charge is 0.270 e. The van der Waals surface area contributed by atoms with E-state index in [-0.39, 0.29) is 11.0 Å². The third-order valence-corrected chi connectivity index (χ3v) is 7.71. The van der Waals surface area contributed by atoms with Crippen LogP contribution in [-0.4, -0.2) is 19.6 Å². The van der Waals surface area contributed by atoms with Crippen LogP contribution >= 0.6 is 12.2 Å². The van der Waals surface area contributed by atoms with E-state index in [1.54, 1.807) is 4.52 Å². The van der Waals surface area contributed by atoms with Crippen molar-refractivity contribution in [1.29, 1.82) is 0 Å². The molecule has 3 aromatic rings. The van der Waals surface area contributed by atoms with Gasteiger partial charge in [-0.1, -0.05) is 50.6 Å². The number of nitrogens with one attached hydrogen (secondary N) is 2. The van der Waals surface area contributed by atoms with Gasteiger partial charge in [0.1, 0.15) is 11.5 Å². The van der Waals surface area contributed by atoms with Crippen molar-refractivity contribution in [3.8, 4) is 0 Å². The molecule has 158 valence electrons. The molecule has 2 N–H and O–H groups in total. The molecular formula is C24H30N4OS. The molecule has 0 aliphatic heterocycles. The Kier molecular flexibility index (Phi) is 4.92. The van der Waals surface area contributed by atoms with Crippen LogP contribution < -0.4 is 5.56 Å². The summed E-state index contributed by atoms with van der Waals surface area (Å²) in [6.45, 7) is 4.69. The van der Waals surface area contributed by atoms with Crippen LogP contribution in [0.3, 0.4) is 0 Å². The maximum Gasteiger partial charge on any atom is 0.270 e. The topological polar surface area (TPSA) is 66.0 Å². The SMILES string of the molecule is CCC1CC2CC(C)CC(c3nc(=S)n4[nH]c(=O)c(Cc5ccccc5)c4[nH]3)(C1)C2. The standard InChI is InChI=1S/C24H30N4OS/c1-3-16-10-18-9-15(2)12-24(13-16,14-18)22-25-20-19(11-17-7-5-4-6-8-17)21(29)27-28(20)23(30)26-22/h4-8,15-16,18H,3,9-14H2,1-2H3,(H,27,29)(H,25,26,30). The number of hydrogen-bond donors (Lipinski definition) is 2. The lowest BCUT2D eigenvalue weighted by Crippen LogP contribution is -2.44. The molecule has 0 spiro atoms. The largest absolute Gasteiger partial charge is 0.327 e. The number of H-pyrrole nitrogens is 2. The summed E-state index contributed by atoms with van der Waals surface area (Å²) in [7, 11) is 0. The highest BCUT2D eigenvalue weighted by molar-refractivity contribution is 7.71. The zero-order valence-electron chi connectivity index (χ0n) is 17.8. The van der Waals surface area contributed by atoms with Crippen LogP contribution in [0, 0.1) is 22.5 Å². The molecule has 5 rings (SSSR count). The van der Waals surface area contributed by atoms with Gasteiger partial charge in [-0.25, -0.2) is 9.50 Å². The Bertz CT molecular complexity index is 1170. The monoisotopic (exact) mass is 422 g/mol. The fourth-order valence-corrected chi connectivity index (χ4v) is 6.56. The zero-order chi connectivity index (χ0) is 20.9. The molecule has 30 heavy (non-hydrogen) atoms. The van der Waals surface area contributed by atoms with Gasteiger partial charge in [-0.15, -0.1) is 0 Å². The number of aromatic nitrogens is 4. The Hall–Kier alpha value is -2.21. The van der Waals surface area contributed by atoms with Crippen LogP contribution in [0.25, 0.3) is 5.65 Å². The van der Waals surface area contributed by atoms with Gasteiger partial charge < -0.3 is 4.98 Å². The second kappa shape index (κ2) is 7.49. The molecule has 2 saturated carbocycles. The van der Waals surface area contributed by atoms with Gasteiger partial charge in [0.25, 0.3) is 5.56 Å².